The van der Waals surface area contributed by atoms with Crippen molar-refractivity contribution < 1.29 is 9.53 Å². The number of carbonyl (C=O) groups excluding carboxylic acids is 1. The third-order valence-corrected chi connectivity index (χ3v) is 3.59. The Balaban J connectivity index is 1.89. The van der Waals surface area contributed by atoms with Crippen LogP contribution in [0, 0.1) is 0 Å². The van der Waals surface area contributed by atoms with Crippen molar-refractivity contribution in [1.29, 1.82) is 0 Å². The van der Waals surface area contributed by atoms with Crippen molar-refractivity contribution in [3.8, 4) is 0 Å². The Kier molecular flexibility index (Phi) is 3.44. The maximum Gasteiger partial charge on any atom is 0.254 e. The maximum absolute atomic E-state index is 12.4. The number of benzene rings is 1. The van der Waals surface area contributed by atoms with E-state index in [1.54, 1.807) is 0 Å². The van der Waals surface area contributed by atoms with Gasteiger partial charge in [0.2, 0.25) is 0 Å². The molecule has 3 rings (SSSR count). The molecule has 2 heterocycles. The molecule has 1 aromatic heterocycles. The van der Waals surface area contributed by atoms with E-state index < -0.39 is 0 Å². The number of nitrogens with zero attached hydrogens (tertiary/aromatic N) is 2. The van der Waals surface area contributed by atoms with E-state index in [9.17, 15) is 4.79 Å². The fourth-order valence-corrected chi connectivity index (χ4v) is 2.38. The quantitative estimate of drug-likeness (QED) is 0.912. The molecule has 1 fully saturated rings. The molecule has 0 aliphatic carbocycles. The number of amides is 1. The molecule has 1 amide bonds. The number of ether oxygens (including phenoxy) is 1. The highest BCUT2D eigenvalue weighted by atomic mass is 16.5. The van der Waals surface area contributed by atoms with Crippen molar-refractivity contribution in [1.82, 2.24) is 14.9 Å². The van der Waals surface area contributed by atoms with Gasteiger partial charge in [0.15, 0.2) is 0 Å². The van der Waals surface area contributed by atoms with Crippen LogP contribution in [0.25, 0.3) is 11.0 Å². The van der Waals surface area contributed by atoms with Gasteiger partial charge >= 0.3 is 0 Å². The van der Waals surface area contributed by atoms with Crippen molar-refractivity contribution >= 4 is 16.9 Å². The number of rotatable bonds is 2. The number of fused-ring (bicyclic) bond motifs is 1. The number of aromatic amines is 1. The summed E-state index contributed by atoms with van der Waals surface area (Å²) in [5.74, 6) is 1.37. The van der Waals surface area contributed by atoms with Gasteiger partial charge in [0.05, 0.1) is 24.2 Å². The molecule has 1 aliphatic heterocycles. The fourth-order valence-electron chi connectivity index (χ4n) is 2.38. The number of hydrogen-bond acceptors (Lipinski definition) is 3. The van der Waals surface area contributed by atoms with E-state index in [-0.39, 0.29) is 5.91 Å². The average Bonchev–Trinajstić information content (AvgIpc) is 2.90. The molecule has 5 heteroatoms. The zero-order valence-corrected chi connectivity index (χ0v) is 11.8. The molecule has 1 aliphatic rings. The van der Waals surface area contributed by atoms with Gasteiger partial charge in [0.1, 0.15) is 5.82 Å². The Hall–Kier alpha value is -1.88. The molecular formula is C15H19N3O2. The highest BCUT2D eigenvalue weighted by Gasteiger charge is 2.19. The predicted octanol–water partition coefficient (Wildman–Crippen LogP) is 2.16. The average molecular weight is 273 g/mol. The molecule has 1 aromatic carbocycles. The summed E-state index contributed by atoms with van der Waals surface area (Å²) in [5, 5.41) is 0. The third-order valence-electron chi connectivity index (χ3n) is 3.59. The molecule has 106 valence electrons. The Morgan fingerprint density at radius 1 is 1.35 bits per heavy atom. The van der Waals surface area contributed by atoms with Gasteiger partial charge in [-0.2, -0.15) is 0 Å². The first-order valence-corrected chi connectivity index (χ1v) is 7.02. The van der Waals surface area contributed by atoms with Crippen LogP contribution in [0.15, 0.2) is 18.2 Å². The number of aromatic nitrogens is 2. The van der Waals surface area contributed by atoms with Gasteiger partial charge in [-0.3, -0.25) is 4.79 Å². The lowest BCUT2D eigenvalue weighted by atomic mass is 10.1. The predicted molar refractivity (Wildman–Crippen MR) is 76.9 cm³/mol. The summed E-state index contributed by atoms with van der Waals surface area (Å²) in [4.78, 5) is 22.1. The normalized spacial score (nSPS) is 16.1. The van der Waals surface area contributed by atoms with Crippen LogP contribution in [0.3, 0.4) is 0 Å². The second-order valence-corrected chi connectivity index (χ2v) is 5.41. The molecule has 20 heavy (non-hydrogen) atoms. The SMILES string of the molecule is CC(C)c1nc2ccc(C(=O)N3CCOCC3)cc2[nH]1. The number of morpholine rings is 1. The van der Waals surface area contributed by atoms with Gasteiger partial charge in [-0.25, -0.2) is 4.98 Å². The number of nitrogens with one attached hydrogen (secondary N) is 1. The van der Waals surface area contributed by atoms with Crippen molar-refractivity contribution in [3.05, 3.63) is 29.6 Å². The standard InChI is InChI=1S/C15H19N3O2/c1-10(2)14-16-12-4-3-11(9-13(12)17-14)15(19)18-5-7-20-8-6-18/h3-4,9-10H,5-8H2,1-2H3,(H,16,17). The van der Waals surface area contributed by atoms with Crippen LogP contribution in [0.4, 0.5) is 0 Å². The van der Waals surface area contributed by atoms with Crippen LogP contribution in [-0.4, -0.2) is 47.1 Å². The van der Waals surface area contributed by atoms with Gasteiger partial charge in [0.25, 0.3) is 5.91 Å². The Morgan fingerprint density at radius 3 is 2.80 bits per heavy atom. The van der Waals surface area contributed by atoms with E-state index in [2.05, 4.69) is 23.8 Å². The molecule has 0 bridgehead atoms. The minimum atomic E-state index is 0.0656. The summed E-state index contributed by atoms with van der Waals surface area (Å²) in [6.45, 7) is 6.76. The lowest BCUT2D eigenvalue weighted by Gasteiger charge is -2.26. The van der Waals surface area contributed by atoms with Crippen molar-refractivity contribution in [2.75, 3.05) is 26.3 Å². The summed E-state index contributed by atoms with van der Waals surface area (Å²) in [7, 11) is 0. The highest BCUT2D eigenvalue weighted by molar-refractivity contribution is 5.97. The molecule has 5 nitrogen and oxygen atoms in total. The van der Waals surface area contributed by atoms with Crippen molar-refractivity contribution in [2.24, 2.45) is 0 Å². The number of imidazole rings is 1. The second kappa shape index (κ2) is 5.25. The van der Waals surface area contributed by atoms with E-state index >= 15 is 0 Å². The topological polar surface area (TPSA) is 58.2 Å². The molecular weight excluding hydrogens is 254 g/mol. The molecule has 0 saturated carbocycles. The van der Waals surface area contributed by atoms with Crippen LogP contribution in [0.2, 0.25) is 0 Å². The van der Waals surface area contributed by atoms with E-state index in [1.807, 2.05) is 23.1 Å². The monoisotopic (exact) mass is 273 g/mol. The summed E-state index contributed by atoms with van der Waals surface area (Å²) in [6.07, 6.45) is 0. The maximum atomic E-state index is 12.4. The largest absolute Gasteiger partial charge is 0.378 e. The number of H-pyrrole nitrogens is 1. The molecule has 2 aromatic rings. The Bertz CT molecular complexity index is 627. The smallest absolute Gasteiger partial charge is 0.254 e. The number of carbonyl (C=O) groups is 1. The van der Waals surface area contributed by atoms with E-state index in [0.717, 1.165) is 16.9 Å². The van der Waals surface area contributed by atoms with Gasteiger partial charge < -0.3 is 14.6 Å². The summed E-state index contributed by atoms with van der Waals surface area (Å²) >= 11 is 0. The molecule has 1 saturated heterocycles. The Labute approximate surface area is 117 Å². The molecule has 0 atom stereocenters. The van der Waals surface area contributed by atoms with Gasteiger partial charge in [-0.1, -0.05) is 13.8 Å². The van der Waals surface area contributed by atoms with Gasteiger partial charge in [0, 0.05) is 24.6 Å². The lowest BCUT2D eigenvalue weighted by molar-refractivity contribution is 0.0303. The number of hydrogen-bond donors (Lipinski definition) is 1. The molecule has 1 N–H and O–H groups in total. The third kappa shape index (κ3) is 2.41. The molecule has 0 unspecified atom stereocenters. The lowest BCUT2D eigenvalue weighted by Crippen LogP contribution is -2.40. The summed E-state index contributed by atoms with van der Waals surface area (Å²) in [6, 6.07) is 5.66. The van der Waals surface area contributed by atoms with Crippen LogP contribution >= 0.6 is 0 Å². The summed E-state index contributed by atoms with van der Waals surface area (Å²) < 4.78 is 5.28. The van der Waals surface area contributed by atoms with Crippen LogP contribution < -0.4 is 0 Å². The minimum Gasteiger partial charge on any atom is -0.378 e. The second-order valence-electron chi connectivity index (χ2n) is 5.41. The van der Waals surface area contributed by atoms with Crippen LogP contribution in [0.5, 0.6) is 0 Å². The zero-order chi connectivity index (χ0) is 14.1. The van der Waals surface area contributed by atoms with Gasteiger partial charge in [-0.05, 0) is 18.2 Å². The first-order chi connectivity index (χ1) is 9.65. The summed E-state index contributed by atoms with van der Waals surface area (Å²) in [5.41, 5.74) is 2.54. The van der Waals surface area contributed by atoms with Crippen LogP contribution in [0.1, 0.15) is 35.9 Å². The van der Waals surface area contributed by atoms with Crippen molar-refractivity contribution in [3.63, 3.8) is 0 Å². The first-order valence-electron chi connectivity index (χ1n) is 7.02. The molecule has 0 spiro atoms. The highest BCUT2D eigenvalue weighted by Crippen LogP contribution is 2.19. The molecule has 0 radical (unpaired) electrons. The van der Waals surface area contributed by atoms with E-state index in [1.165, 1.54) is 0 Å². The van der Waals surface area contributed by atoms with Crippen LogP contribution in [-0.2, 0) is 4.74 Å². The van der Waals surface area contributed by atoms with E-state index in [4.69, 9.17) is 4.74 Å². The van der Waals surface area contributed by atoms with E-state index in [0.29, 0.717) is 37.8 Å². The fraction of sp³-hybridized carbons (Fsp3) is 0.467. The zero-order valence-electron chi connectivity index (χ0n) is 11.8. The minimum absolute atomic E-state index is 0.0656. The first kappa shape index (κ1) is 13.1. The van der Waals surface area contributed by atoms with Gasteiger partial charge in [-0.15, -0.1) is 0 Å². The Morgan fingerprint density at radius 2 is 2.10 bits per heavy atom. The van der Waals surface area contributed by atoms with Crippen molar-refractivity contribution in [2.45, 2.75) is 19.8 Å².